The lowest BCUT2D eigenvalue weighted by Gasteiger charge is -2.25. The van der Waals surface area contributed by atoms with Gasteiger partial charge in [0.15, 0.2) is 0 Å². The van der Waals surface area contributed by atoms with Crippen molar-refractivity contribution < 1.29 is 43.7 Å². The highest BCUT2D eigenvalue weighted by Crippen LogP contribution is 2.42. The zero-order chi connectivity index (χ0) is 34.4. The van der Waals surface area contributed by atoms with E-state index in [0.29, 0.717) is 12.2 Å². The topological polar surface area (TPSA) is 192 Å². The number of fused-ring (bicyclic) bond motifs is 2. The monoisotopic (exact) mass is 640 g/mol. The number of phenolic OH excluding ortho intramolecular Hbond substituents is 2. The van der Waals surface area contributed by atoms with Crippen LogP contribution >= 0.6 is 0 Å². The SMILES string of the molecule is CCCCNc1ccc(O)c2c1C(=O)c1c(O)ccc(NCCNC(=O)C(CC(=O)OC(C)(C)C)NC(=O)OC(C)(C)C)c1C2=O. The van der Waals surface area contributed by atoms with E-state index in [1.54, 1.807) is 41.5 Å². The molecule has 250 valence electrons. The quantitative estimate of drug-likeness (QED) is 0.0942. The molecule has 1 unspecified atom stereocenters. The molecule has 6 N–H and O–H groups in total. The summed E-state index contributed by atoms with van der Waals surface area (Å²) >= 11 is 0. The molecule has 2 aromatic rings. The Morgan fingerprint density at radius 3 is 1.72 bits per heavy atom. The molecule has 0 saturated heterocycles. The molecule has 3 rings (SSSR count). The molecule has 0 heterocycles. The lowest BCUT2D eigenvalue weighted by atomic mass is 9.81. The summed E-state index contributed by atoms with van der Waals surface area (Å²) in [6.07, 6.45) is 0.392. The number of esters is 1. The van der Waals surface area contributed by atoms with E-state index in [9.17, 15) is 34.2 Å². The number of unbranched alkanes of at least 4 members (excludes halogenated alkanes) is 1. The van der Waals surface area contributed by atoms with Gasteiger partial charge in [0.05, 0.1) is 28.7 Å². The van der Waals surface area contributed by atoms with Crippen LogP contribution in [0.25, 0.3) is 0 Å². The van der Waals surface area contributed by atoms with E-state index in [4.69, 9.17) is 9.47 Å². The second-order valence-corrected chi connectivity index (χ2v) is 12.9. The molecule has 0 radical (unpaired) electrons. The summed E-state index contributed by atoms with van der Waals surface area (Å²) < 4.78 is 10.5. The predicted molar refractivity (Wildman–Crippen MR) is 172 cm³/mol. The van der Waals surface area contributed by atoms with Gasteiger partial charge in [0.2, 0.25) is 17.5 Å². The van der Waals surface area contributed by atoms with Crippen molar-refractivity contribution in [3.63, 3.8) is 0 Å². The summed E-state index contributed by atoms with van der Waals surface area (Å²) in [6, 6.07) is 4.26. The molecule has 0 bridgehead atoms. The second-order valence-electron chi connectivity index (χ2n) is 12.9. The summed E-state index contributed by atoms with van der Waals surface area (Å²) in [7, 11) is 0. The maximum Gasteiger partial charge on any atom is 0.408 e. The van der Waals surface area contributed by atoms with Crippen LogP contribution in [0.5, 0.6) is 11.5 Å². The standard InChI is InChI=1S/C33H44N4O9/c1-8-9-14-34-18-10-12-21(38)26-24(18)28(41)27-22(39)13-11-19(25(27)29(26)42)35-15-16-36-30(43)20(17-23(40)45-32(2,3)4)37-31(44)46-33(5,6)7/h10-13,20,34-35,38-39H,8-9,14-17H2,1-7H3,(H,36,43)(H,37,44). The average molecular weight is 641 g/mol. The van der Waals surface area contributed by atoms with Crippen molar-refractivity contribution in [1.82, 2.24) is 10.6 Å². The summed E-state index contributed by atoms with van der Waals surface area (Å²) in [6.45, 7) is 12.6. The number of carbonyl (C=O) groups excluding carboxylic acids is 5. The fourth-order valence-electron chi connectivity index (χ4n) is 4.77. The van der Waals surface area contributed by atoms with Crippen molar-refractivity contribution in [3.8, 4) is 11.5 Å². The molecule has 1 aliphatic rings. The average Bonchev–Trinajstić information content (AvgIpc) is 2.92. The van der Waals surface area contributed by atoms with Gasteiger partial charge in [0.25, 0.3) is 0 Å². The summed E-state index contributed by atoms with van der Waals surface area (Å²) in [5.74, 6) is -3.41. The molecule has 0 spiro atoms. The molecule has 13 nitrogen and oxygen atoms in total. The number of nitrogens with one attached hydrogen (secondary N) is 4. The smallest absolute Gasteiger partial charge is 0.408 e. The number of rotatable bonds is 12. The molecule has 13 heteroatoms. The first-order valence-corrected chi connectivity index (χ1v) is 15.2. The molecule has 0 aliphatic heterocycles. The summed E-state index contributed by atoms with van der Waals surface area (Å²) in [4.78, 5) is 65.3. The van der Waals surface area contributed by atoms with E-state index < -0.39 is 53.2 Å². The predicted octanol–water partition coefficient (Wildman–Crippen LogP) is 4.24. The Balaban J connectivity index is 1.76. The zero-order valence-corrected chi connectivity index (χ0v) is 27.4. The summed E-state index contributed by atoms with van der Waals surface area (Å²) in [5, 5.41) is 32.4. The van der Waals surface area contributed by atoms with Gasteiger partial charge in [-0.05, 0) is 72.2 Å². The normalized spacial score (nSPS) is 13.2. The fourth-order valence-corrected chi connectivity index (χ4v) is 4.77. The first-order chi connectivity index (χ1) is 21.4. The van der Waals surface area contributed by atoms with Crippen LogP contribution in [-0.2, 0) is 19.1 Å². The van der Waals surface area contributed by atoms with E-state index in [0.717, 1.165) is 12.8 Å². The number of phenols is 2. The van der Waals surface area contributed by atoms with Crippen LogP contribution in [0, 0.1) is 0 Å². The van der Waals surface area contributed by atoms with E-state index in [-0.39, 0.29) is 52.5 Å². The number of ether oxygens (including phenoxy) is 2. The minimum atomic E-state index is -1.30. The van der Waals surface area contributed by atoms with Crippen LogP contribution < -0.4 is 21.3 Å². The number of aromatic hydroxyl groups is 2. The van der Waals surface area contributed by atoms with Gasteiger partial charge in [-0.1, -0.05) is 13.3 Å². The third-order valence-electron chi connectivity index (χ3n) is 6.66. The van der Waals surface area contributed by atoms with Crippen molar-refractivity contribution >= 4 is 40.9 Å². The minimum absolute atomic E-state index is 0.0122. The highest BCUT2D eigenvalue weighted by atomic mass is 16.6. The minimum Gasteiger partial charge on any atom is -0.507 e. The molecule has 0 saturated carbocycles. The van der Waals surface area contributed by atoms with Crippen LogP contribution in [0.1, 0.15) is 99.6 Å². The van der Waals surface area contributed by atoms with Gasteiger partial charge in [-0.2, -0.15) is 0 Å². The van der Waals surface area contributed by atoms with Crippen LogP contribution in [0.15, 0.2) is 24.3 Å². The number of carbonyl (C=O) groups is 5. The Labute approximate surface area is 268 Å². The van der Waals surface area contributed by atoms with Gasteiger partial charge in [-0.25, -0.2) is 4.79 Å². The first kappa shape index (κ1) is 35.7. The molecule has 2 aromatic carbocycles. The fraction of sp³-hybridized carbons (Fsp3) is 0.485. The number of ketones is 2. The van der Waals surface area contributed by atoms with Gasteiger partial charge in [0, 0.05) is 31.0 Å². The lowest BCUT2D eigenvalue weighted by molar-refractivity contribution is -0.156. The van der Waals surface area contributed by atoms with E-state index in [2.05, 4.69) is 21.3 Å². The third-order valence-corrected chi connectivity index (χ3v) is 6.66. The molecule has 0 aromatic heterocycles. The maximum atomic E-state index is 13.7. The largest absolute Gasteiger partial charge is 0.507 e. The van der Waals surface area contributed by atoms with Gasteiger partial charge in [-0.3, -0.25) is 19.2 Å². The van der Waals surface area contributed by atoms with Crippen LogP contribution in [-0.4, -0.2) is 76.6 Å². The molecule has 1 atom stereocenters. The van der Waals surface area contributed by atoms with E-state index in [1.165, 1.54) is 24.3 Å². The number of amides is 2. The van der Waals surface area contributed by atoms with Gasteiger partial charge >= 0.3 is 12.1 Å². The highest BCUT2D eigenvalue weighted by molar-refractivity contribution is 6.33. The maximum absolute atomic E-state index is 13.7. The van der Waals surface area contributed by atoms with Gasteiger partial charge in [-0.15, -0.1) is 0 Å². The number of hydrogen-bond acceptors (Lipinski definition) is 11. The summed E-state index contributed by atoms with van der Waals surface area (Å²) in [5.41, 5.74) is -1.55. The van der Waals surface area contributed by atoms with Crippen molar-refractivity contribution in [2.45, 2.75) is 85.0 Å². The zero-order valence-electron chi connectivity index (χ0n) is 27.4. The van der Waals surface area contributed by atoms with Gasteiger partial charge < -0.3 is 41.0 Å². The molecule has 0 fully saturated rings. The van der Waals surface area contributed by atoms with Gasteiger partial charge in [0.1, 0.15) is 28.7 Å². The number of benzene rings is 2. The lowest BCUT2D eigenvalue weighted by Crippen LogP contribution is -2.50. The Kier molecular flexibility index (Phi) is 11.3. The molecular formula is C33H44N4O9. The van der Waals surface area contributed by atoms with Crippen molar-refractivity contribution in [2.75, 3.05) is 30.3 Å². The molecular weight excluding hydrogens is 596 g/mol. The Hall–Kier alpha value is -4.81. The first-order valence-electron chi connectivity index (χ1n) is 15.2. The van der Waals surface area contributed by atoms with Crippen molar-refractivity contribution in [1.29, 1.82) is 0 Å². The van der Waals surface area contributed by atoms with E-state index >= 15 is 0 Å². The number of anilines is 2. The van der Waals surface area contributed by atoms with Crippen LogP contribution in [0.2, 0.25) is 0 Å². The molecule has 2 amide bonds. The number of alkyl carbamates (subject to hydrolysis) is 1. The van der Waals surface area contributed by atoms with Crippen molar-refractivity contribution in [3.05, 3.63) is 46.5 Å². The Bertz CT molecular complexity index is 1480. The highest BCUT2D eigenvalue weighted by Gasteiger charge is 2.38. The Morgan fingerprint density at radius 2 is 1.24 bits per heavy atom. The number of hydrogen-bond donors (Lipinski definition) is 6. The van der Waals surface area contributed by atoms with Crippen molar-refractivity contribution in [2.24, 2.45) is 0 Å². The Morgan fingerprint density at radius 1 is 0.739 bits per heavy atom. The third kappa shape index (κ3) is 9.11. The molecule has 1 aliphatic carbocycles. The van der Waals surface area contributed by atoms with E-state index in [1.807, 2.05) is 6.92 Å². The second kappa shape index (κ2) is 14.5. The van der Waals surface area contributed by atoms with Crippen LogP contribution in [0.3, 0.4) is 0 Å². The van der Waals surface area contributed by atoms with Crippen LogP contribution in [0.4, 0.5) is 16.2 Å². The molecule has 46 heavy (non-hydrogen) atoms.